The Kier molecular flexibility index (Phi) is 3.54. The van der Waals surface area contributed by atoms with E-state index in [1.54, 1.807) is 0 Å². The van der Waals surface area contributed by atoms with Crippen LogP contribution in [0.3, 0.4) is 0 Å². The molecule has 0 aliphatic carbocycles. The summed E-state index contributed by atoms with van der Waals surface area (Å²) in [6.45, 7) is 2.15. The van der Waals surface area contributed by atoms with E-state index in [0.717, 1.165) is 16.6 Å². The van der Waals surface area contributed by atoms with Gasteiger partial charge in [0.05, 0.1) is 0 Å². The van der Waals surface area contributed by atoms with Crippen LogP contribution in [0.4, 0.5) is 0 Å². The number of hydrogen-bond acceptors (Lipinski definition) is 1. The normalized spacial score (nSPS) is 11.9. The first kappa shape index (κ1) is 17.6. The summed E-state index contributed by atoms with van der Waals surface area (Å²) in [6, 6.07) is 37.0. The van der Waals surface area contributed by atoms with Gasteiger partial charge in [-0.2, -0.15) is 0 Å². The molecular formula is C31H20O. The van der Waals surface area contributed by atoms with E-state index in [2.05, 4.69) is 104 Å². The minimum Gasteiger partial charge on any atom is -0.455 e. The van der Waals surface area contributed by atoms with Crippen molar-refractivity contribution in [2.45, 2.75) is 6.92 Å². The summed E-state index contributed by atoms with van der Waals surface area (Å²) < 4.78 is 6.62. The van der Waals surface area contributed by atoms with Crippen LogP contribution in [0, 0.1) is 6.92 Å². The highest BCUT2D eigenvalue weighted by molar-refractivity contribution is 6.34. The number of furan rings is 1. The second-order valence-corrected chi connectivity index (χ2v) is 8.61. The van der Waals surface area contributed by atoms with Crippen LogP contribution in [-0.4, -0.2) is 0 Å². The Hall–Kier alpha value is -4.10. The van der Waals surface area contributed by atoms with Crippen LogP contribution in [0.2, 0.25) is 0 Å². The molecule has 1 aromatic heterocycles. The smallest absolute Gasteiger partial charge is 0.144 e. The molecule has 0 fully saturated rings. The van der Waals surface area contributed by atoms with Gasteiger partial charge in [-0.1, -0.05) is 96.6 Å². The molecule has 32 heavy (non-hydrogen) atoms. The molecular weight excluding hydrogens is 388 g/mol. The van der Waals surface area contributed by atoms with Gasteiger partial charge in [0.25, 0.3) is 0 Å². The fourth-order valence-corrected chi connectivity index (χ4v) is 5.31. The first-order chi connectivity index (χ1) is 15.8. The Morgan fingerprint density at radius 1 is 0.500 bits per heavy atom. The number of rotatable bonds is 1. The molecule has 0 saturated heterocycles. The van der Waals surface area contributed by atoms with Gasteiger partial charge in [-0.3, -0.25) is 0 Å². The van der Waals surface area contributed by atoms with E-state index in [0.29, 0.717) is 0 Å². The highest BCUT2D eigenvalue weighted by atomic mass is 16.3. The molecule has 0 bridgehead atoms. The third-order valence-electron chi connectivity index (χ3n) is 6.68. The Morgan fingerprint density at radius 3 is 1.88 bits per heavy atom. The lowest BCUT2D eigenvalue weighted by atomic mass is 9.89. The summed E-state index contributed by atoms with van der Waals surface area (Å²) in [5, 5.41) is 9.84. The fourth-order valence-electron chi connectivity index (χ4n) is 5.31. The van der Waals surface area contributed by atoms with E-state index in [4.69, 9.17) is 4.42 Å². The van der Waals surface area contributed by atoms with E-state index in [-0.39, 0.29) is 0 Å². The van der Waals surface area contributed by atoms with Crippen LogP contribution in [0.1, 0.15) is 5.56 Å². The van der Waals surface area contributed by atoms with Crippen molar-refractivity contribution in [3.05, 3.63) is 109 Å². The van der Waals surface area contributed by atoms with Gasteiger partial charge in [0.2, 0.25) is 0 Å². The highest BCUT2D eigenvalue weighted by Crippen LogP contribution is 2.46. The zero-order valence-corrected chi connectivity index (χ0v) is 17.7. The molecule has 0 aliphatic rings. The predicted molar refractivity (Wildman–Crippen MR) is 136 cm³/mol. The molecule has 0 spiro atoms. The third kappa shape index (κ3) is 2.34. The van der Waals surface area contributed by atoms with E-state index >= 15 is 0 Å². The lowest BCUT2D eigenvalue weighted by Gasteiger charge is -2.14. The number of hydrogen-bond donors (Lipinski definition) is 0. The zero-order chi connectivity index (χ0) is 21.2. The molecule has 1 heterocycles. The Labute approximate surface area is 185 Å². The lowest BCUT2D eigenvalue weighted by Crippen LogP contribution is -1.87. The maximum atomic E-state index is 6.62. The maximum Gasteiger partial charge on any atom is 0.144 e. The molecule has 150 valence electrons. The first-order valence-electron chi connectivity index (χ1n) is 11.0. The van der Waals surface area contributed by atoms with Crippen LogP contribution in [-0.2, 0) is 0 Å². The molecule has 0 amide bonds. The van der Waals surface area contributed by atoms with Crippen molar-refractivity contribution in [3.8, 4) is 11.1 Å². The van der Waals surface area contributed by atoms with Crippen LogP contribution in [0.5, 0.6) is 0 Å². The molecule has 6 aromatic carbocycles. The molecule has 0 atom stereocenters. The second-order valence-electron chi connectivity index (χ2n) is 8.61. The quantitative estimate of drug-likeness (QED) is 0.247. The van der Waals surface area contributed by atoms with Crippen molar-refractivity contribution in [2.75, 3.05) is 0 Å². The molecule has 0 unspecified atom stereocenters. The molecule has 0 saturated carbocycles. The van der Waals surface area contributed by atoms with Crippen LogP contribution in [0.15, 0.2) is 108 Å². The minimum absolute atomic E-state index is 0.932. The molecule has 7 rings (SSSR count). The molecule has 1 nitrogen and oxygen atoms in total. The van der Waals surface area contributed by atoms with Gasteiger partial charge >= 0.3 is 0 Å². The minimum atomic E-state index is 0.932. The summed E-state index contributed by atoms with van der Waals surface area (Å²) in [6.07, 6.45) is 0. The van der Waals surface area contributed by atoms with Crippen molar-refractivity contribution >= 4 is 54.3 Å². The lowest BCUT2D eigenvalue weighted by molar-refractivity contribution is 0.673. The predicted octanol–water partition coefficient (Wildman–Crippen LogP) is 9.02. The summed E-state index contributed by atoms with van der Waals surface area (Å²) >= 11 is 0. The Bertz CT molecular complexity index is 1840. The van der Waals surface area contributed by atoms with Gasteiger partial charge < -0.3 is 4.42 Å². The van der Waals surface area contributed by atoms with Crippen molar-refractivity contribution in [3.63, 3.8) is 0 Å². The summed E-state index contributed by atoms with van der Waals surface area (Å²) in [5.41, 5.74) is 5.61. The van der Waals surface area contributed by atoms with Gasteiger partial charge in [-0.25, -0.2) is 0 Å². The first-order valence-corrected chi connectivity index (χ1v) is 11.0. The molecule has 0 radical (unpaired) electrons. The van der Waals surface area contributed by atoms with Crippen LogP contribution >= 0.6 is 0 Å². The second kappa shape index (κ2) is 6.45. The summed E-state index contributed by atoms with van der Waals surface area (Å²) in [7, 11) is 0. The van der Waals surface area contributed by atoms with Gasteiger partial charge in [-0.15, -0.1) is 0 Å². The Balaban J connectivity index is 1.83. The monoisotopic (exact) mass is 408 g/mol. The van der Waals surface area contributed by atoms with Crippen LogP contribution < -0.4 is 0 Å². The number of benzene rings is 6. The molecule has 0 N–H and O–H groups in total. The zero-order valence-electron chi connectivity index (χ0n) is 17.7. The average Bonchev–Trinajstić information content (AvgIpc) is 3.23. The largest absolute Gasteiger partial charge is 0.455 e. The van der Waals surface area contributed by atoms with E-state index in [9.17, 15) is 0 Å². The molecule has 1 heteroatoms. The standard InChI is InChI=1S/C31H20O/c1-19-9-8-10-20(17-19)26-18-27-23-13-3-2-11-21(23)22-12-4-5-14-24(22)29(27)31-30(26)25-15-6-7-16-28(25)32-31/h2-18H,1H3. The van der Waals surface area contributed by atoms with Gasteiger partial charge in [0.1, 0.15) is 11.2 Å². The molecule has 0 aliphatic heterocycles. The van der Waals surface area contributed by atoms with Crippen molar-refractivity contribution in [2.24, 2.45) is 0 Å². The number of fused-ring (bicyclic) bond motifs is 10. The van der Waals surface area contributed by atoms with Gasteiger partial charge in [-0.05, 0) is 57.1 Å². The SMILES string of the molecule is Cc1cccc(-c2cc3c4ccccc4c4ccccc4c3c3oc4ccccc4c23)c1. The Morgan fingerprint density at radius 2 is 1.12 bits per heavy atom. The number of para-hydroxylation sites is 1. The van der Waals surface area contributed by atoms with Gasteiger partial charge in [0.15, 0.2) is 0 Å². The maximum absolute atomic E-state index is 6.62. The van der Waals surface area contributed by atoms with Crippen molar-refractivity contribution in [1.29, 1.82) is 0 Å². The fraction of sp³-hybridized carbons (Fsp3) is 0.0323. The van der Waals surface area contributed by atoms with E-state index < -0.39 is 0 Å². The highest BCUT2D eigenvalue weighted by Gasteiger charge is 2.19. The van der Waals surface area contributed by atoms with E-state index in [1.807, 2.05) is 6.07 Å². The third-order valence-corrected chi connectivity index (χ3v) is 6.68. The number of aryl methyl sites for hydroxylation is 1. The van der Waals surface area contributed by atoms with Gasteiger partial charge in [0, 0.05) is 16.2 Å². The summed E-state index contributed by atoms with van der Waals surface area (Å²) in [4.78, 5) is 0. The van der Waals surface area contributed by atoms with Crippen molar-refractivity contribution < 1.29 is 4.42 Å². The summed E-state index contributed by atoms with van der Waals surface area (Å²) in [5.74, 6) is 0. The van der Waals surface area contributed by atoms with E-state index in [1.165, 1.54) is 54.4 Å². The topological polar surface area (TPSA) is 13.1 Å². The molecule has 7 aromatic rings. The van der Waals surface area contributed by atoms with Crippen molar-refractivity contribution in [1.82, 2.24) is 0 Å². The average molecular weight is 409 g/mol. The van der Waals surface area contributed by atoms with Crippen LogP contribution in [0.25, 0.3) is 65.4 Å².